The highest BCUT2D eigenvalue weighted by molar-refractivity contribution is 5.89. The van der Waals surface area contributed by atoms with Gasteiger partial charge in [0.25, 0.3) is 0 Å². The Morgan fingerprint density at radius 1 is 1.14 bits per heavy atom. The molecule has 2 aliphatic rings. The first kappa shape index (κ1) is 22.2. The summed E-state index contributed by atoms with van der Waals surface area (Å²) in [6.45, 7) is 9.55. The van der Waals surface area contributed by atoms with Gasteiger partial charge in [0.15, 0.2) is 0 Å². The molecule has 0 bridgehead atoms. The van der Waals surface area contributed by atoms with Gasteiger partial charge >= 0.3 is 5.97 Å². The Labute approximate surface area is 166 Å². The maximum atomic E-state index is 12.6. The van der Waals surface area contributed by atoms with Crippen LogP contribution in [0.2, 0.25) is 0 Å². The number of hydrogen-bond acceptors (Lipinski definition) is 5. The first-order chi connectivity index (χ1) is 13.1. The molecule has 8 heteroatoms. The number of nitrogens with one attached hydrogen (secondary N) is 1. The number of ether oxygens (including phenoxy) is 1. The number of likely N-dealkylation sites (tertiary alicyclic amines) is 2. The van der Waals surface area contributed by atoms with Gasteiger partial charge in [-0.05, 0) is 40.5 Å². The van der Waals surface area contributed by atoms with E-state index in [1.165, 1.54) is 0 Å². The van der Waals surface area contributed by atoms with Crippen LogP contribution in [0.25, 0.3) is 0 Å². The van der Waals surface area contributed by atoms with Gasteiger partial charge in [0.2, 0.25) is 17.7 Å². The Bertz CT molecular complexity index is 605. The van der Waals surface area contributed by atoms with Crippen LogP contribution in [0.3, 0.4) is 0 Å². The molecule has 2 heterocycles. The molecular weight excluding hydrogens is 362 g/mol. The van der Waals surface area contributed by atoms with Crippen molar-refractivity contribution in [2.45, 2.75) is 71.4 Å². The average molecular weight is 396 g/mol. The third-order valence-corrected chi connectivity index (χ3v) is 5.35. The van der Waals surface area contributed by atoms with E-state index in [-0.39, 0.29) is 60.5 Å². The molecule has 3 amide bonds. The molecule has 2 saturated heterocycles. The molecule has 2 rings (SSSR count). The Balaban J connectivity index is 1.74. The van der Waals surface area contributed by atoms with Crippen LogP contribution in [0.5, 0.6) is 0 Å². The molecule has 8 nitrogen and oxygen atoms in total. The van der Waals surface area contributed by atoms with Crippen molar-refractivity contribution in [3.8, 4) is 0 Å². The van der Waals surface area contributed by atoms with Crippen molar-refractivity contribution in [1.82, 2.24) is 15.1 Å². The fourth-order valence-electron chi connectivity index (χ4n) is 3.72. The highest BCUT2D eigenvalue weighted by Crippen LogP contribution is 2.26. The summed E-state index contributed by atoms with van der Waals surface area (Å²) in [4.78, 5) is 51.8. The predicted molar refractivity (Wildman–Crippen MR) is 103 cm³/mol. The standard InChI is InChI=1S/C20H33N3O5/c1-5-28-18(26)7-6-16(24)22-10-8-15(9-11-22)21-19(27)14-12-17(25)23(13-14)20(2,3)4/h14-15H,5-13H2,1-4H3,(H,21,27). The zero-order valence-electron chi connectivity index (χ0n) is 17.5. The normalized spacial score (nSPS) is 21.0. The number of carbonyl (C=O) groups excluding carboxylic acids is 4. The molecule has 1 N–H and O–H groups in total. The number of rotatable bonds is 6. The summed E-state index contributed by atoms with van der Waals surface area (Å²) in [6, 6.07) is 0.0143. The van der Waals surface area contributed by atoms with Gasteiger partial charge in [0, 0.05) is 44.1 Å². The third kappa shape index (κ3) is 5.94. The second-order valence-electron chi connectivity index (χ2n) is 8.54. The van der Waals surface area contributed by atoms with E-state index in [1.54, 1.807) is 16.7 Å². The number of amides is 3. The fourth-order valence-corrected chi connectivity index (χ4v) is 3.72. The lowest BCUT2D eigenvalue weighted by atomic mass is 10.0. The molecule has 0 aromatic carbocycles. The van der Waals surface area contributed by atoms with Crippen LogP contribution in [-0.4, -0.2) is 71.3 Å². The minimum atomic E-state index is -0.353. The molecule has 158 valence electrons. The van der Waals surface area contributed by atoms with Crippen molar-refractivity contribution >= 4 is 23.7 Å². The number of carbonyl (C=O) groups is 4. The average Bonchev–Trinajstić information content (AvgIpc) is 3.03. The summed E-state index contributed by atoms with van der Waals surface area (Å²) in [6.07, 6.45) is 1.88. The Hall–Kier alpha value is -2.12. The number of hydrogen-bond donors (Lipinski definition) is 1. The van der Waals surface area contributed by atoms with Crippen LogP contribution in [-0.2, 0) is 23.9 Å². The van der Waals surface area contributed by atoms with E-state index in [2.05, 4.69) is 5.32 Å². The molecule has 0 aromatic rings. The molecule has 0 saturated carbocycles. The summed E-state index contributed by atoms with van der Waals surface area (Å²) >= 11 is 0. The predicted octanol–water partition coefficient (Wildman–Crippen LogP) is 1.08. The van der Waals surface area contributed by atoms with Crippen molar-refractivity contribution in [2.75, 3.05) is 26.2 Å². The summed E-state index contributed by atoms with van der Waals surface area (Å²) in [5, 5.41) is 3.05. The lowest BCUT2D eigenvalue weighted by Gasteiger charge is -2.33. The zero-order valence-corrected chi connectivity index (χ0v) is 17.5. The fraction of sp³-hybridized carbons (Fsp3) is 0.800. The van der Waals surface area contributed by atoms with Crippen molar-refractivity contribution in [1.29, 1.82) is 0 Å². The van der Waals surface area contributed by atoms with Crippen molar-refractivity contribution < 1.29 is 23.9 Å². The van der Waals surface area contributed by atoms with Gasteiger partial charge in [0.1, 0.15) is 0 Å². The van der Waals surface area contributed by atoms with Crippen LogP contribution in [0.1, 0.15) is 59.8 Å². The van der Waals surface area contributed by atoms with Gasteiger partial charge < -0.3 is 19.9 Å². The quantitative estimate of drug-likeness (QED) is 0.679. The Morgan fingerprint density at radius 3 is 2.32 bits per heavy atom. The van der Waals surface area contributed by atoms with Gasteiger partial charge in [-0.15, -0.1) is 0 Å². The van der Waals surface area contributed by atoms with E-state index >= 15 is 0 Å². The molecule has 28 heavy (non-hydrogen) atoms. The van der Waals surface area contributed by atoms with Crippen molar-refractivity contribution in [3.63, 3.8) is 0 Å². The second-order valence-corrected chi connectivity index (χ2v) is 8.54. The molecular formula is C20H33N3O5. The first-order valence-electron chi connectivity index (χ1n) is 10.2. The smallest absolute Gasteiger partial charge is 0.306 e. The lowest BCUT2D eigenvalue weighted by Crippen LogP contribution is -2.48. The van der Waals surface area contributed by atoms with E-state index in [9.17, 15) is 19.2 Å². The highest BCUT2D eigenvalue weighted by Gasteiger charge is 2.40. The second kappa shape index (κ2) is 9.39. The van der Waals surface area contributed by atoms with E-state index in [4.69, 9.17) is 4.74 Å². The maximum absolute atomic E-state index is 12.6. The first-order valence-corrected chi connectivity index (χ1v) is 10.2. The zero-order chi connectivity index (χ0) is 20.9. The van der Waals surface area contributed by atoms with Gasteiger partial charge in [0.05, 0.1) is 18.9 Å². The van der Waals surface area contributed by atoms with Crippen LogP contribution in [0.4, 0.5) is 0 Å². The maximum Gasteiger partial charge on any atom is 0.306 e. The van der Waals surface area contributed by atoms with Gasteiger partial charge in [-0.3, -0.25) is 19.2 Å². The van der Waals surface area contributed by atoms with E-state index < -0.39 is 0 Å². The molecule has 1 unspecified atom stereocenters. The van der Waals surface area contributed by atoms with Crippen LogP contribution < -0.4 is 5.32 Å². The number of piperidine rings is 1. The van der Waals surface area contributed by atoms with Gasteiger partial charge in [-0.25, -0.2) is 0 Å². The van der Waals surface area contributed by atoms with Gasteiger partial charge in [-0.2, -0.15) is 0 Å². The van der Waals surface area contributed by atoms with E-state index in [0.717, 1.165) is 0 Å². The molecule has 2 aliphatic heterocycles. The monoisotopic (exact) mass is 395 g/mol. The minimum absolute atomic E-state index is 0.0143. The van der Waals surface area contributed by atoms with E-state index in [1.807, 2.05) is 20.8 Å². The summed E-state index contributed by atoms with van der Waals surface area (Å²) in [5.41, 5.74) is -0.276. The molecule has 0 radical (unpaired) electrons. The number of esters is 1. The largest absolute Gasteiger partial charge is 0.466 e. The van der Waals surface area contributed by atoms with Gasteiger partial charge in [-0.1, -0.05) is 0 Å². The third-order valence-electron chi connectivity index (χ3n) is 5.35. The Morgan fingerprint density at radius 2 is 1.79 bits per heavy atom. The lowest BCUT2D eigenvalue weighted by molar-refractivity contribution is -0.146. The van der Waals surface area contributed by atoms with Crippen molar-refractivity contribution in [3.05, 3.63) is 0 Å². The SMILES string of the molecule is CCOC(=O)CCC(=O)N1CCC(NC(=O)C2CC(=O)N(C(C)(C)C)C2)CC1. The number of nitrogens with zero attached hydrogens (tertiary/aromatic N) is 2. The summed E-state index contributed by atoms with van der Waals surface area (Å²) in [7, 11) is 0. The highest BCUT2D eigenvalue weighted by atomic mass is 16.5. The molecule has 2 fully saturated rings. The minimum Gasteiger partial charge on any atom is -0.466 e. The molecule has 0 spiro atoms. The van der Waals surface area contributed by atoms with E-state index in [0.29, 0.717) is 39.1 Å². The topological polar surface area (TPSA) is 96.0 Å². The summed E-state index contributed by atoms with van der Waals surface area (Å²) < 4.78 is 4.84. The van der Waals surface area contributed by atoms with Crippen LogP contribution >= 0.6 is 0 Å². The summed E-state index contributed by atoms with van der Waals surface area (Å²) in [5.74, 6) is -0.772. The molecule has 1 atom stereocenters. The van der Waals surface area contributed by atoms with Crippen molar-refractivity contribution in [2.24, 2.45) is 5.92 Å². The van der Waals surface area contributed by atoms with Crippen LogP contribution in [0.15, 0.2) is 0 Å². The molecule has 0 aromatic heterocycles. The molecule has 0 aliphatic carbocycles. The van der Waals surface area contributed by atoms with Crippen LogP contribution in [0, 0.1) is 5.92 Å². The Kier molecular flexibility index (Phi) is 7.43.